The Morgan fingerprint density at radius 3 is 1.13 bits per heavy atom. The highest BCUT2D eigenvalue weighted by Crippen LogP contribution is 2.18. The van der Waals surface area contributed by atoms with Gasteiger partial charge in [0.15, 0.2) is 0 Å². The lowest BCUT2D eigenvalue weighted by Gasteiger charge is -2.12. The Hall–Kier alpha value is -6.15. The first kappa shape index (κ1) is 31.3. The van der Waals surface area contributed by atoms with Gasteiger partial charge in [0, 0.05) is 22.3 Å². The van der Waals surface area contributed by atoms with Gasteiger partial charge in [0.2, 0.25) is 5.96 Å². The van der Waals surface area contributed by atoms with Gasteiger partial charge in [0.25, 0.3) is 0 Å². The predicted molar refractivity (Wildman–Crippen MR) is 190 cm³/mol. The van der Waals surface area contributed by atoms with E-state index in [0.717, 1.165) is 39.4 Å². The maximum Gasteiger partial charge on any atom is 0.207 e. The molecule has 0 aliphatic carbocycles. The molecule has 8 nitrogen and oxygen atoms in total. The van der Waals surface area contributed by atoms with E-state index in [4.69, 9.17) is 9.73 Å². The van der Waals surface area contributed by atoms with Crippen LogP contribution in [-0.2, 0) is 0 Å². The summed E-state index contributed by atoms with van der Waals surface area (Å²) >= 11 is 0. The Labute approximate surface area is 269 Å². The summed E-state index contributed by atoms with van der Waals surface area (Å²) < 4.78 is 5.31. The van der Waals surface area contributed by atoms with Crippen LogP contribution in [0.5, 0.6) is 5.75 Å². The van der Waals surface area contributed by atoms with E-state index in [-0.39, 0.29) is 0 Å². The number of benzene rings is 5. The largest absolute Gasteiger partial charge is 0.497 e. The molecule has 228 valence electrons. The molecule has 0 saturated heterocycles. The minimum absolute atomic E-state index is 0.403. The van der Waals surface area contributed by atoms with Crippen molar-refractivity contribution in [2.24, 2.45) is 25.4 Å². The highest BCUT2D eigenvalue weighted by atomic mass is 16.5. The Balaban J connectivity index is 1.46. The van der Waals surface area contributed by atoms with Crippen LogP contribution in [0.15, 0.2) is 171 Å². The number of nitrogens with one attached hydrogen (secondary N) is 2. The number of hydrogen-bond acceptors (Lipinski definition) is 6. The monoisotopic (exact) mass is 605 g/mol. The van der Waals surface area contributed by atoms with Crippen molar-refractivity contribution in [3.05, 3.63) is 168 Å². The average Bonchev–Trinajstić information content (AvgIpc) is 3.10. The maximum absolute atomic E-state index is 5.31. The number of aliphatic imine (C=N–C) groups is 1. The molecule has 0 amide bonds. The summed E-state index contributed by atoms with van der Waals surface area (Å²) in [4.78, 5) is 4.78. The zero-order chi connectivity index (χ0) is 32.0. The summed E-state index contributed by atoms with van der Waals surface area (Å²) in [5.74, 6) is 2.19. The molecule has 5 aromatic rings. The highest BCUT2D eigenvalue weighted by Gasteiger charge is 2.09. The van der Waals surface area contributed by atoms with Crippen molar-refractivity contribution < 1.29 is 4.74 Å². The molecular weight excluding hydrogens is 570 g/mol. The molecule has 0 bridgehead atoms. The first-order chi connectivity index (χ1) is 22.6. The van der Waals surface area contributed by atoms with E-state index in [1.54, 1.807) is 7.11 Å². The molecule has 0 saturated carbocycles. The fourth-order valence-electron chi connectivity index (χ4n) is 4.46. The van der Waals surface area contributed by atoms with E-state index in [0.29, 0.717) is 23.3 Å². The van der Waals surface area contributed by atoms with Crippen LogP contribution in [-0.4, -0.2) is 36.2 Å². The number of amidine groups is 2. The Kier molecular flexibility index (Phi) is 10.9. The molecule has 0 aliphatic rings. The number of ether oxygens (including phenoxy) is 1. The van der Waals surface area contributed by atoms with Crippen LogP contribution in [0.25, 0.3) is 0 Å². The summed E-state index contributed by atoms with van der Waals surface area (Å²) in [7, 11) is 1.63. The maximum atomic E-state index is 5.31. The SMILES string of the molecule is COc1ccc(N=C(N/C(C)=N/N=C(c2ccccc2)c2ccccc2)N/C(C)=N/N=C(c2ccccc2)c2ccccc2)cc1. The number of nitrogens with zero attached hydrogens (tertiary/aromatic N) is 5. The molecule has 0 aromatic heterocycles. The quantitative estimate of drug-likeness (QED) is 0.108. The molecule has 2 N–H and O–H groups in total. The third-order valence-corrected chi connectivity index (χ3v) is 6.70. The second kappa shape index (κ2) is 16.1. The molecule has 5 rings (SSSR count). The van der Waals surface area contributed by atoms with E-state index >= 15 is 0 Å². The molecule has 0 radical (unpaired) electrons. The molecule has 0 heterocycles. The summed E-state index contributed by atoms with van der Waals surface area (Å²) in [6.07, 6.45) is 0. The van der Waals surface area contributed by atoms with Crippen LogP contribution in [0.3, 0.4) is 0 Å². The minimum Gasteiger partial charge on any atom is -0.497 e. The number of hydrogen-bond donors (Lipinski definition) is 2. The second-order valence-electron chi connectivity index (χ2n) is 10.1. The standard InChI is InChI=1S/C38H35N7O/c1-28(42-44-36(30-16-8-4-9-17-30)31-18-10-5-11-19-31)39-38(41-34-24-26-35(46-3)27-25-34)40-29(2)43-45-37(32-20-12-6-13-21-32)33-22-14-7-15-23-33/h4-27H,1-3H3,(H2,39,40,41,42,43). The average molecular weight is 606 g/mol. The third-order valence-electron chi connectivity index (χ3n) is 6.70. The smallest absolute Gasteiger partial charge is 0.207 e. The summed E-state index contributed by atoms with van der Waals surface area (Å²) in [6, 6.07) is 47.3. The van der Waals surface area contributed by atoms with Gasteiger partial charge in [0.05, 0.1) is 12.8 Å². The fourth-order valence-corrected chi connectivity index (χ4v) is 4.46. The van der Waals surface area contributed by atoms with Gasteiger partial charge < -0.3 is 15.4 Å². The number of guanidine groups is 1. The first-order valence-corrected chi connectivity index (χ1v) is 14.8. The van der Waals surface area contributed by atoms with Gasteiger partial charge in [-0.1, -0.05) is 121 Å². The summed E-state index contributed by atoms with van der Waals surface area (Å²) in [6.45, 7) is 3.66. The van der Waals surface area contributed by atoms with Crippen LogP contribution >= 0.6 is 0 Å². The fraction of sp³-hybridized carbons (Fsp3) is 0.0789. The van der Waals surface area contributed by atoms with Crippen LogP contribution in [0.4, 0.5) is 5.69 Å². The van der Waals surface area contributed by atoms with E-state index in [1.165, 1.54) is 0 Å². The first-order valence-electron chi connectivity index (χ1n) is 14.8. The van der Waals surface area contributed by atoms with Crippen LogP contribution in [0.1, 0.15) is 36.1 Å². The van der Waals surface area contributed by atoms with Gasteiger partial charge in [-0.05, 0) is 38.1 Å². The lowest BCUT2D eigenvalue weighted by Crippen LogP contribution is -2.42. The Morgan fingerprint density at radius 2 is 0.804 bits per heavy atom. The van der Waals surface area contributed by atoms with E-state index < -0.39 is 0 Å². The molecule has 46 heavy (non-hydrogen) atoms. The van der Waals surface area contributed by atoms with E-state index in [9.17, 15) is 0 Å². The zero-order valence-corrected chi connectivity index (χ0v) is 26.0. The minimum atomic E-state index is 0.403. The molecule has 5 aromatic carbocycles. The van der Waals surface area contributed by atoms with Crippen molar-refractivity contribution in [3.8, 4) is 5.75 Å². The third kappa shape index (κ3) is 8.93. The van der Waals surface area contributed by atoms with E-state index in [1.807, 2.05) is 159 Å². The van der Waals surface area contributed by atoms with Gasteiger partial charge in [-0.3, -0.25) is 0 Å². The molecule has 0 aliphatic heterocycles. The second-order valence-corrected chi connectivity index (χ2v) is 10.1. The molecule has 8 heteroatoms. The summed E-state index contributed by atoms with van der Waals surface area (Å²) in [5.41, 5.74) is 6.06. The lowest BCUT2D eigenvalue weighted by molar-refractivity contribution is 0.415. The molecule has 0 atom stereocenters. The van der Waals surface area contributed by atoms with E-state index in [2.05, 4.69) is 31.0 Å². The highest BCUT2D eigenvalue weighted by molar-refractivity contribution is 6.14. The van der Waals surface area contributed by atoms with Gasteiger partial charge in [-0.2, -0.15) is 0 Å². The van der Waals surface area contributed by atoms with Crippen LogP contribution < -0.4 is 15.4 Å². The van der Waals surface area contributed by atoms with Crippen molar-refractivity contribution in [2.75, 3.05) is 7.11 Å². The van der Waals surface area contributed by atoms with Crippen molar-refractivity contribution in [3.63, 3.8) is 0 Å². The number of methoxy groups -OCH3 is 1. The Bertz CT molecular complexity index is 1650. The predicted octanol–water partition coefficient (Wildman–Crippen LogP) is 7.60. The molecule has 0 fully saturated rings. The van der Waals surface area contributed by atoms with Gasteiger partial charge in [-0.25, -0.2) is 4.99 Å². The number of rotatable bonds is 8. The molecule has 0 spiro atoms. The van der Waals surface area contributed by atoms with Crippen molar-refractivity contribution in [1.29, 1.82) is 0 Å². The van der Waals surface area contributed by atoms with Crippen molar-refractivity contribution in [1.82, 2.24) is 10.6 Å². The van der Waals surface area contributed by atoms with Crippen molar-refractivity contribution in [2.45, 2.75) is 13.8 Å². The van der Waals surface area contributed by atoms with Crippen LogP contribution in [0.2, 0.25) is 0 Å². The summed E-state index contributed by atoms with van der Waals surface area (Å²) in [5, 5.41) is 24.9. The molecular formula is C38H35N7O. The van der Waals surface area contributed by atoms with Crippen molar-refractivity contribution >= 4 is 34.7 Å². The van der Waals surface area contributed by atoms with Gasteiger partial charge >= 0.3 is 0 Å². The lowest BCUT2D eigenvalue weighted by atomic mass is 10.0. The Morgan fingerprint density at radius 1 is 0.457 bits per heavy atom. The van der Waals surface area contributed by atoms with Gasteiger partial charge in [0.1, 0.15) is 28.8 Å². The van der Waals surface area contributed by atoms with Gasteiger partial charge in [-0.15, -0.1) is 20.4 Å². The zero-order valence-electron chi connectivity index (χ0n) is 26.0. The topological polar surface area (TPSA) is 95.1 Å². The molecule has 0 unspecified atom stereocenters. The van der Waals surface area contributed by atoms with Crippen LogP contribution in [0, 0.1) is 0 Å². The normalized spacial score (nSPS) is 11.2.